The van der Waals surface area contributed by atoms with E-state index in [0.717, 1.165) is 0 Å². The van der Waals surface area contributed by atoms with Crippen molar-refractivity contribution in [1.29, 1.82) is 0 Å². The van der Waals surface area contributed by atoms with Gasteiger partial charge in [0.1, 0.15) is 0 Å². The van der Waals surface area contributed by atoms with Crippen molar-refractivity contribution < 1.29 is 0 Å². The molecule has 1 aliphatic carbocycles. The highest BCUT2D eigenvalue weighted by Crippen LogP contribution is 2.51. The Balaban J connectivity index is 1.10. The van der Waals surface area contributed by atoms with Gasteiger partial charge in [0.2, 0.25) is 0 Å². The fourth-order valence-electron chi connectivity index (χ4n) is 8.42. The molecule has 0 spiro atoms. The molecule has 10 rings (SSSR count). The SMILES string of the molecule is CC1(C)c2cc(-c3ccccc3-c3cccc(-c4ccc5ccc6cccc7ccc4c5c67)c3)ccc2-c2cc3ccccc3cc21. The summed E-state index contributed by atoms with van der Waals surface area (Å²) in [6, 6.07) is 59.0. The lowest BCUT2D eigenvalue weighted by Gasteiger charge is -2.22. The Hall–Kier alpha value is -5.72. The second-order valence-corrected chi connectivity index (χ2v) is 13.7. The van der Waals surface area contributed by atoms with Gasteiger partial charge in [-0.25, -0.2) is 0 Å². The van der Waals surface area contributed by atoms with Gasteiger partial charge >= 0.3 is 0 Å². The van der Waals surface area contributed by atoms with Gasteiger partial charge in [0, 0.05) is 5.41 Å². The molecule has 0 bridgehead atoms. The standard InChI is InChI=1S/C47H32/c1-47(2)43-28-36(21-23-40(43)42-26-32-9-3-4-10-33(32)27-44(42)47)38-16-6-5-15-37(38)34-13-8-14-35(25-34)39-22-19-31-18-17-29-11-7-12-30-20-24-41(39)46(31)45(29)30/h3-28H,1-2H3. The van der Waals surface area contributed by atoms with Crippen LogP contribution in [-0.4, -0.2) is 0 Å². The molecule has 9 aromatic carbocycles. The van der Waals surface area contributed by atoms with E-state index >= 15 is 0 Å². The summed E-state index contributed by atoms with van der Waals surface area (Å²) in [5.74, 6) is 0. The van der Waals surface area contributed by atoms with Gasteiger partial charge < -0.3 is 0 Å². The zero-order valence-corrected chi connectivity index (χ0v) is 26.5. The molecule has 0 nitrogen and oxygen atoms in total. The molecule has 0 N–H and O–H groups in total. The first-order valence-electron chi connectivity index (χ1n) is 16.6. The molecule has 0 saturated heterocycles. The number of benzene rings is 9. The minimum Gasteiger partial charge on any atom is -0.0616 e. The van der Waals surface area contributed by atoms with Gasteiger partial charge in [-0.05, 0) is 123 Å². The summed E-state index contributed by atoms with van der Waals surface area (Å²) in [6.07, 6.45) is 0. The van der Waals surface area contributed by atoms with Crippen LogP contribution in [-0.2, 0) is 5.41 Å². The van der Waals surface area contributed by atoms with E-state index in [1.54, 1.807) is 0 Å². The van der Waals surface area contributed by atoms with Gasteiger partial charge in [0.05, 0.1) is 0 Å². The van der Waals surface area contributed by atoms with E-state index in [1.165, 1.54) is 98.7 Å². The van der Waals surface area contributed by atoms with Crippen LogP contribution in [0.4, 0.5) is 0 Å². The quantitative estimate of drug-likeness (QED) is 0.178. The topological polar surface area (TPSA) is 0 Å². The largest absolute Gasteiger partial charge is 0.0616 e. The minimum atomic E-state index is -0.0748. The third-order valence-electron chi connectivity index (χ3n) is 10.8. The highest BCUT2D eigenvalue weighted by molar-refractivity contribution is 6.25. The molecule has 0 amide bonds. The van der Waals surface area contributed by atoms with Crippen molar-refractivity contribution in [2.75, 3.05) is 0 Å². The van der Waals surface area contributed by atoms with Crippen molar-refractivity contribution in [1.82, 2.24) is 0 Å². The zero-order valence-electron chi connectivity index (χ0n) is 26.5. The van der Waals surface area contributed by atoms with E-state index in [1.807, 2.05) is 0 Å². The molecule has 0 unspecified atom stereocenters. The summed E-state index contributed by atoms with van der Waals surface area (Å²) in [5, 5.41) is 10.5. The summed E-state index contributed by atoms with van der Waals surface area (Å²) in [5.41, 5.74) is 13.0. The molecular formula is C47H32. The first-order chi connectivity index (χ1) is 23.0. The van der Waals surface area contributed by atoms with Crippen LogP contribution < -0.4 is 0 Å². The average molecular weight is 597 g/mol. The van der Waals surface area contributed by atoms with Gasteiger partial charge in [0.25, 0.3) is 0 Å². The Bertz CT molecular complexity index is 2690. The number of fused-ring (bicyclic) bond motifs is 4. The minimum absolute atomic E-state index is 0.0748. The van der Waals surface area contributed by atoms with Gasteiger partial charge in [0.15, 0.2) is 0 Å². The van der Waals surface area contributed by atoms with Gasteiger partial charge in [-0.3, -0.25) is 0 Å². The van der Waals surface area contributed by atoms with Crippen molar-refractivity contribution in [3.63, 3.8) is 0 Å². The molecule has 0 fully saturated rings. The van der Waals surface area contributed by atoms with E-state index in [-0.39, 0.29) is 5.41 Å². The Morgan fingerprint density at radius 2 is 0.851 bits per heavy atom. The van der Waals surface area contributed by atoms with E-state index in [0.29, 0.717) is 0 Å². The molecule has 0 aliphatic heterocycles. The molecular weight excluding hydrogens is 565 g/mol. The predicted molar refractivity (Wildman–Crippen MR) is 202 cm³/mol. The highest BCUT2D eigenvalue weighted by atomic mass is 14.4. The molecule has 220 valence electrons. The molecule has 47 heavy (non-hydrogen) atoms. The Morgan fingerprint density at radius 3 is 1.62 bits per heavy atom. The highest BCUT2D eigenvalue weighted by Gasteiger charge is 2.36. The average Bonchev–Trinajstić information content (AvgIpc) is 3.34. The summed E-state index contributed by atoms with van der Waals surface area (Å²) in [4.78, 5) is 0. The van der Waals surface area contributed by atoms with Crippen molar-refractivity contribution in [3.05, 3.63) is 169 Å². The summed E-state index contributed by atoms with van der Waals surface area (Å²) in [7, 11) is 0. The second kappa shape index (κ2) is 9.64. The van der Waals surface area contributed by atoms with E-state index in [9.17, 15) is 0 Å². The molecule has 1 aliphatic rings. The van der Waals surface area contributed by atoms with Crippen molar-refractivity contribution >= 4 is 43.1 Å². The summed E-state index contributed by atoms with van der Waals surface area (Å²) >= 11 is 0. The van der Waals surface area contributed by atoms with Crippen LogP contribution in [0, 0.1) is 0 Å². The number of hydrogen-bond acceptors (Lipinski definition) is 0. The molecule has 0 atom stereocenters. The predicted octanol–water partition coefficient (Wildman–Crippen LogP) is 13.0. The van der Waals surface area contributed by atoms with Gasteiger partial charge in [-0.2, -0.15) is 0 Å². The normalized spacial score (nSPS) is 13.5. The molecule has 0 heteroatoms. The zero-order chi connectivity index (χ0) is 31.3. The van der Waals surface area contributed by atoms with E-state index < -0.39 is 0 Å². The van der Waals surface area contributed by atoms with Crippen LogP contribution in [0.3, 0.4) is 0 Å². The van der Waals surface area contributed by atoms with Crippen LogP contribution in [0.1, 0.15) is 25.0 Å². The summed E-state index contributed by atoms with van der Waals surface area (Å²) < 4.78 is 0. The molecule has 0 saturated carbocycles. The Morgan fingerprint density at radius 1 is 0.319 bits per heavy atom. The van der Waals surface area contributed by atoms with Crippen LogP contribution in [0.25, 0.3) is 87.6 Å². The van der Waals surface area contributed by atoms with Crippen LogP contribution >= 0.6 is 0 Å². The van der Waals surface area contributed by atoms with Gasteiger partial charge in [-0.15, -0.1) is 0 Å². The van der Waals surface area contributed by atoms with Crippen LogP contribution in [0.15, 0.2) is 158 Å². The number of rotatable bonds is 3. The Labute approximate surface area is 274 Å². The lowest BCUT2D eigenvalue weighted by molar-refractivity contribution is 0.661. The van der Waals surface area contributed by atoms with Gasteiger partial charge in [-0.1, -0.05) is 147 Å². The first kappa shape index (κ1) is 26.5. The fraction of sp³-hybridized carbons (Fsp3) is 0.0638. The lowest BCUT2D eigenvalue weighted by Crippen LogP contribution is -2.15. The van der Waals surface area contributed by atoms with E-state index in [2.05, 4.69) is 172 Å². The smallest absolute Gasteiger partial charge is 0.0159 e. The maximum Gasteiger partial charge on any atom is 0.0159 e. The van der Waals surface area contributed by atoms with Crippen molar-refractivity contribution in [3.8, 4) is 44.5 Å². The molecule has 0 radical (unpaired) electrons. The fourth-order valence-corrected chi connectivity index (χ4v) is 8.42. The van der Waals surface area contributed by atoms with Crippen molar-refractivity contribution in [2.45, 2.75) is 19.3 Å². The number of hydrogen-bond donors (Lipinski definition) is 0. The van der Waals surface area contributed by atoms with E-state index in [4.69, 9.17) is 0 Å². The maximum absolute atomic E-state index is 2.45. The van der Waals surface area contributed by atoms with Crippen molar-refractivity contribution in [2.24, 2.45) is 0 Å². The molecule has 0 aromatic heterocycles. The molecule has 0 heterocycles. The first-order valence-corrected chi connectivity index (χ1v) is 16.6. The summed E-state index contributed by atoms with van der Waals surface area (Å²) in [6.45, 7) is 4.75. The lowest BCUT2D eigenvalue weighted by atomic mass is 9.80. The third-order valence-corrected chi connectivity index (χ3v) is 10.8. The third kappa shape index (κ3) is 3.82. The second-order valence-electron chi connectivity index (χ2n) is 13.7. The maximum atomic E-state index is 2.45. The van der Waals surface area contributed by atoms with Crippen LogP contribution in [0.5, 0.6) is 0 Å². The van der Waals surface area contributed by atoms with Crippen LogP contribution in [0.2, 0.25) is 0 Å². The Kier molecular flexibility index (Phi) is 5.44. The monoisotopic (exact) mass is 596 g/mol. The molecule has 9 aromatic rings.